The molecule has 4 N–H and O–H groups in total. The number of nitrogens with zero attached hydrogens (tertiary/aromatic N) is 1. The summed E-state index contributed by atoms with van der Waals surface area (Å²) < 4.78 is 4.99. The van der Waals surface area contributed by atoms with Crippen LogP contribution < -0.4 is 16.0 Å². The summed E-state index contributed by atoms with van der Waals surface area (Å²) in [5.74, 6) is 4.82. The average Bonchev–Trinajstić information content (AvgIpc) is 2.64. The van der Waals surface area contributed by atoms with Crippen molar-refractivity contribution in [2.75, 3.05) is 0 Å². The van der Waals surface area contributed by atoms with Crippen LogP contribution in [-0.2, 0) is 4.79 Å². The minimum atomic E-state index is -0.187. The summed E-state index contributed by atoms with van der Waals surface area (Å²) in [6, 6.07) is 0. The Hall–Kier alpha value is -1.40. The summed E-state index contributed by atoms with van der Waals surface area (Å²) in [5.41, 5.74) is 4.09. The van der Waals surface area contributed by atoms with Gasteiger partial charge in [0, 0.05) is 12.4 Å². The largest absolute Gasteiger partial charge is 0.316 e. The lowest BCUT2D eigenvalue weighted by molar-refractivity contribution is -0.120. The molecule has 74 valence electrons. The molecule has 0 saturated heterocycles. The maximum atomic E-state index is 11.0. The molecule has 2 aliphatic rings. The van der Waals surface area contributed by atoms with Crippen molar-refractivity contribution in [2.24, 2.45) is 5.84 Å². The fourth-order valence-corrected chi connectivity index (χ4v) is 1.85. The van der Waals surface area contributed by atoms with Crippen molar-refractivity contribution in [1.82, 2.24) is 14.5 Å². The van der Waals surface area contributed by atoms with Crippen molar-refractivity contribution >= 4 is 18.0 Å². The first-order chi connectivity index (χ1) is 6.79. The molecule has 0 unspecified atom stereocenters. The molecule has 0 fully saturated rings. The molecule has 0 radical (unpaired) electrons. The Bertz CT molecular complexity index is 347. The first-order valence-corrected chi connectivity index (χ1v) is 4.87. The highest BCUT2D eigenvalue weighted by Crippen LogP contribution is 2.28. The summed E-state index contributed by atoms with van der Waals surface area (Å²) in [4.78, 5) is 11.0. The van der Waals surface area contributed by atoms with Gasteiger partial charge in [-0.2, -0.15) is 0 Å². The van der Waals surface area contributed by atoms with Crippen LogP contribution in [0.2, 0.25) is 0 Å². The van der Waals surface area contributed by atoms with Crippen molar-refractivity contribution in [3.8, 4) is 0 Å². The van der Waals surface area contributed by atoms with Crippen LogP contribution >= 0.6 is 12.1 Å². The summed E-state index contributed by atoms with van der Waals surface area (Å²) >= 11 is 1.49. The summed E-state index contributed by atoms with van der Waals surface area (Å²) in [6.45, 7) is 0. The van der Waals surface area contributed by atoms with E-state index in [1.165, 1.54) is 12.1 Å². The highest BCUT2D eigenvalue weighted by atomic mass is 32.2. The molecule has 0 aromatic heterocycles. The van der Waals surface area contributed by atoms with Gasteiger partial charge in [-0.25, -0.2) is 5.84 Å². The van der Waals surface area contributed by atoms with Crippen molar-refractivity contribution in [1.29, 1.82) is 0 Å². The third-order valence-electron chi connectivity index (χ3n) is 1.90. The van der Waals surface area contributed by atoms with Crippen LogP contribution in [0.4, 0.5) is 0 Å². The van der Waals surface area contributed by atoms with Gasteiger partial charge in [0.25, 0.3) is 0 Å². The molecule has 0 aromatic carbocycles. The number of nitrogens with one attached hydrogen (secondary N) is 2. The first kappa shape index (κ1) is 9.17. The van der Waals surface area contributed by atoms with E-state index in [1.807, 2.05) is 28.9 Å². The monoisotopic (exact) mass is 210 g/mol. The van der Waals surface area contributed by atoms with Crippen LogP contribution in [0.5, 0.6) is 0 Å². The highest BCUT2D eigenvalue weighted by molar-refractivity contribution is 7.95. The van der Waals surface area contributed by atoms with E-state index < -0.39 is 0 Å². The van der Waals surface area contributed by atoms with Gasteiger partial charge in [-0.3, -0.25) is 14.5 Å². The van der Waals surface area contributed by atoms with Crippen molar-refractivity contribution in [3.63, 3.8) is 0 Å². The molecular weight excluding hydrogens is 200 g/mol. The molecule has 0 atom stereocenters. The normalized spacial score (nSPS) is 18.2. The second-order valence-electron chi connectivity index (χ2n) is 2.88. The summed E-state index contributed by atoms with van der Waals surface area (Å²) in [7, 11) is 0. The molecule has 2 heterocycles. The number of hydrogen-bond donors (Lipinski definition) is 3. The van der Waals surface area contributed by atoms with Crippen molar-refractivity contribution in [3.05, 3.63) is 35.8 Å². The number of carbonyl (C=O) groups is 1. The Morgan fingerprint density at radius 2 is 2.57 bits per heavy atom. The number of rotatable bonds is 2. The van der Waals surface area contributed by atoms with E-state index in [2.05, 4.69) is 10.1 Å². The number of fused-ring (bicyclic) bond motifs is 1. The third kappa shape index (κ3) is 1.75. The number of allylic oxidation sites excluding steroid dienone is 2. The average molecular weight is 210 g/mol. The molecular formula is C8H10N4OS. The van der Waals surface area contributed by atoms with Gasteiger partial charge in [0.1, 0.15) is 0 Å². The molecule has 0 bridgehead atoms. The maximum Gasteiger partial charge on any atom is 0.238 e. The Morgan fingerprint density at radius 3 is 3.36 bits per heavy atom. The first-order valence-electron chi connectivity index (χ1n) is 4.10. The molecule has 0 aliphatic carbocycles. The van der Waals surface area contributed by atoms with Gasteiger partial charge in [0.15, 0.2) is 0 Å². The van der Waals surface area contributed by atoms with Crippen LogP contribution in [0.3, 0.4) is 0 Å². The number of amides is 1. The van der Waals surface area contributed by atoms with E-state index in [-0.39, 0.29) is 5.91 Å². The third-order valence-corrected chi connectivity index (χ3v) is 2.65. The van der Waals surface area contributed by atoms with E-state index in [0.717, 1.165) is 11.3 Å². The van der Waals surface area contributed by atoms with E-state index in [9.17, 15) is 4.79 Å². The van der Waals surface area contributed by atoms with Crippen LogP contribution in [-0.4, -0.2) is 10.2 Å². The van der Waals surface area contributed by atoms with Gasteiger partial charge in [-0.1, -0.05) is 0 Å². The molecule has 6 heteroatoms. The maximum absolute atomic E-state index is 11.0. The molecule has 0 spiro atoms. The zero-order valence-electron chi connectivity index (χ0n) is 7.36. The van der Waals surface area contributed by atoms with Gasteiger partial charge in [0.2, 0.25) is 5.91 Å². The smallest absolute Gasteiger partial charge is 0.238 e. The Kier molecular flexibility index (Phi) is 2.47. The van der Waals surface area contributed by atoms with Crippen molar-refractivity contribution in [2.45, 2.75) is 6.42 Å². The lowest BCUT2D eigenvalue weighted by Gasteiger charge is -2.16. The van der Waals surface area contributed by atoms with Gasteiger partial charge < -0.3 is 4.72 Å². The molecule has 1 amide bonds. The lowest BCUT2D eigenvalue weighted by Crippen LogP contribution is -2.30. The molecule has 2 aliphatic heterocycles. The van der Waals surface area contributed by atoms with E-state index in [0.29, 0.717) is 6.42 Å². The molecule has 14 heavy (non-hydrogen) atoms. The minimum Gasteiger partial charge on any atom is -0.316 e. The van der Waals surface area contributed by atoms with E-state index >= 15 is 0 Å². The Morgan fingerprint density at radius 1 is 1.71 bits per heavy atom. The Balaban J connectivity index is 2.07. The minimum absolute atomic E-state index is 0.187. The number of hydrogen-bond acceptors (Lipinski definition) is 5. The van der Waals surface area contributed by atoms with Crippen molar-refractivity contribution < 1.29 is 4.79 Å². The predicted molar refractivity (Wildman–Crippen MR) is 54.8 cm³/mol. The summed E-state index contributed by atoms with van der Waals surface area (Å²) in [6.07, 6.45) is 7.95. The molecule has 5 nitrogen and oxygen atoms in total. The van der Waals surface area contributed by atoms with Crippen LogP contribution in [0.25, 0.3) is 0 Å². The van der Waals surface area contributed by atoms with Gasteiger partial charge in [-0.05, 0) is 17.7 Å². The zero-order chi connectivity index (χ0) is 9.97. The van der Waals surface area contributed by atoms with Gasteiger partial charge in [0.05, 0.1) is 24.3 Å². The van der Waals surface area contributed by atoms with Crippen LogP contribution in [0, 0.1) is 0 Å². The highest BCUT2D eigenvalue weighted by Gasteiger charge is 2.16. The fraction of sp³-hybridized carbons (Fsp3) is 0.125. The zero-order valence-corrected chi connectivity index (χ0v) is 8.17. The lowest BCUT2D eigenvalue weighted by atomic mass is 10.1. The molecule has 2 rings (SSSR count). The topological polar surface area (TPSA) is 70.4 Å². The van der Waals surface area contributed by atoms with Gasteiger partial charge in [-0.15, -0.1) is 0 Å². The van der Waals surface area contributed by atoms with E-state index in [4.69, 9.17) is 5.84 Å². The molecule has 0 aromatic rings. The quantitative estimate of drug-likeness (QED) is 0.261. The number of nitrogens with two attached hydrogens (primary N) is 1. The second-order valence-corrected chi connectivity index (χ2v) is 3.70. The predicted octanol–water partition coefficient (Wildman–Crippen LogP) is 0.130. The van der Waals surface area contributed by atoms with Gasteiger partial charge >= 0.3 is 0 Å². The van der Waals surface area contributed by atoms with Crippen LogP contribution in [0.15, 0.2) is 35.8 Å². The summed E-state index contributed by atoms with van der Waals surface area (Å²) in [5, 5.41) is 0. The number of carbonyl (C=O) groups excluding carboxylic acids is 1. The Labute approximate surface area is 85.9 Å². The standard InChI is InChI=1S/C8H10N4OS/c9-11-8(13)4-6-1-2-12-7(3-6)5-10-14-12/h1-3,5,10H,4,9H2,(H,11,13). The second kappa shape index (κ2) is 3.77. The van der Waals surface area contributed by atoms with E-state index in [1.54, 1.807) is 0 Å². The number of hydrazine groups is 1. The van der Waals surface area contributed by atoms with Crippen LogP contribution in [0.1, 0.15) is 6.42 Å². The molecule has 0 saturated carbocycles. The fourth-order valence-electron chi connectivity index (χ4n) is 1.23. The SMILES string of the molecule is NNC(=O)CC1=CC2=CNSN2C=C1.